The lowest BCUT2D eigenvalue weighted by atomic mass is 9.92. The molecule has 0 amide bonds. The summed E-state index contributed by atoms with van der Waals surface area (Å²) in [4.78, 5) is 0. The average Bonchev–Trinajstić information content (AvgIpc) is 3.64. The number of halogens is 3. The number of benzene rings is 7. The Morgan fingerprint density at radius 1 is 0.455 bits per heavy atom. The molecule has 0 aliphatic heterocycles. The molecule has 9 aromatic rings. The molecule has 0 spiro atoms. The molecule has 55 heavy (non-hydrogen) atoms. The van der Waals surface area contributed by atoms with E-state index in [1.807, 2.05) is 24.3 Å². The lowest BCUT2D eigenvalue weighted by molar-refractivity contribution is -0.137. The second-order valence-electron chi connectivity index (χ2n) is 14.9. The quantitative estimate of drug-likeness (QED) is 0.178. The third kappa shape index (κ3) is 5.58. The van der Waals surface area contributed by atoms with Crippen molar-refractivity contribution in [3.05, 3.63) is 166 Å². The predicted octanol–water partition coefficient (Wildman–Crippen LogP) is 13.6. The normalized spacial score (nSPS) is 12.0. The van der Waals surface area contributed by atoms with Gasteiger partial charge in [0.15, 0.2) is 0 Å². The second-order valence-corrected chi connectivity index (χ2v) is 14.9. The van der Waals surface area contributed by atoms with Gasteiger partial charge in [0.2, 0.25) is 0 Å². The zero-order valence-corrected chi connectivity index (χ0v) is 31.1. The van der Waals surface area contributed by atoms with E-state index >= 15 is 0 Å². The Kier molecular flexibility index (Phi) is 7.77. The van der Waals surface area contributed by atoms with Gasteiger partial charge in [0.25, 0.3) is 0 Å². The van der Waals surface area contributed by atoms with Gasteiger partial charge in [-0.3, -0.25) is 0 Å². The summed E-state index contributed by atoms with van der Waals surface area (Å²) in [7, 11) is 0. The summed E-state index contributed by atoms with van der Waals surface area (Å²) >= 11 is 0. The smallest absolute Gasteiger partial charge is 0.309 e. The van der Waals surface area contributed by atoms with Crippen LogP contribution < -0.4 is 0 Å². The number of aromatic nitrogens is 2. The molecular weight excluding hydrogens is 688 g/mol. The number of hydrogen-bond donors (Lipinski definition) is 0. The first-order chi connectivity index (χ1) is 26.4. The fourth-order valence-electron chi connectivity index (χ4n) is 8.32. The first-order valence-corrected chi connectivity index (χ1v) is 18.3. The SMILES string of the molecule is Cc1ccc2c(c1)c1cc(C)ccc1n2-c1ccc(C#N)cc1-c1cc(-c2ccc(C(F)(F)F)cc2C)ccc1-n1c2ccc(C)cc2c2cc(C)ccc21. The van der Waals surface area contributed by atoms with Gasteiger partial charge in [-0.15, -0.1) is 0 Å². The zero-order chi connectivity index (χ0) is 38.3. The van der Waals surface area contributed by atoms with Crippen LogP contribution in [0.15, 0.2) is 127 Å². The van der Waals surface area contributed by atoms with E-state index in [-0.39, 0.29) is 0 Å². The molecule has 0 aliphatic carbocycles. The molecule has 0 bridgehead atoms. The molecule has 7 aromatic carbocycles. The molecule has 2 heterocycles. The Morgan fingerprint density at radius 2 is 0.891 bits per heavy atom. The van der Waals surface area contributed by atoms with Crippen LogP contribution in [-0.4, -0.2) is 9.13 Å². The van der Waals surface area contributed by atoms with Gasteiger partial charge >= 0.3 is 6.18 Å². The Labute approximate surface area is 317 Å². The molecule has 2 aromatic heterocycles. The molecule has 0 aliphatic rings. The van der Waals surface area contributed by atoms with Crippen molar-refractivity contribution in [1.82, 2.24) is 9.13 Å². The van der Waals surface area contributed by atoms with Gasteiger partial charge < -0.3 is 9.13 Å². The van der Waals surface area contributed by atoms with Gasteiger partial charge in [0, 0.05) is 32.7 Å². The van der Waals surface area contributed by atoms with E-state index in [1.165, 1.54) is 6.07 Å². The number of nitrogens with zero attached hydrogens (tertiary/aromatic N) is 3. The summed E-state index contributed by atoms with van der Waals surface area (Å²) in [5.74, 6) is 0. The highest BCUT2D eigenvalue weighted by atomic mass is 19.4. The average molecular weight is 724 g/mol. The maximum atomic E-state index is 13.8. The molecule has 0 radical (unpaired) electrons. The fourth-order valence-corrected chi connectivity index (χ4v) is 8.32. The van der Waals surface area contributed by atoms with E-state index < -0.39 is 11.7 Å². The van der Waals surface area contributed by atoms with Gasteiger partial charge in [-0.2, -0.15) is 18.4 Å². The number of hydrogen-bond acceptors (Lipinski definition) is 1. The second kappa shape index (κ2) is 12.5. The van der Waals surface area contributed by atoms with Crippen LogP contribution in [0.25, 0.3) is 77.2 Å². The van der Waals surface area contributed by atoms with Gasteiger partial charge in [0.1, 0.15) is 0 Å². The molecule has 0 N–H and O–H groups in total. The van der Waals surface area contributed by atoms with Crippen molar-refractivity contribution in [2.45, 2.75) is 40.8 Å². The summed E-state index contributed by atoms with van der Waals surface area (Å²) in [6.07, 6.45) is -4.45. The predicted molar refractivity (Wildman–Crippen MR) is 219 cm³/mol. The molecule has 9 rings (SSSR count). The zero-order valence-electron chi connectivity index (χ0n) is 31.1. The minimum atomic E-state index is -4.45. The molecule has 268 valence electrons. The molecule has 0 fully saturated rings. The van der Waals surface area contributed by atoms with E-state index in [0.29, 0.717) is 16.7 Å². The van der Waals surface area contributed by atoms with Crippen LogP contribution in [0, 0.1) is 45.9 Å². The number of alkyl halides is 3. The maximum absolute atomic E-state index is 13.8. The summed E-state index contributed by atoms with van der Waals surface area (Å²) < 4.78 is 45.9. The van der Waals surface area contributed by atoms with Crippen LogP contribution in [0.5, 0.6) is 0 Å². The van der Waals surface area contributed by atoms with Crippen molar-refractivity contribution < 1.29 is 13.2 Å². The molecule has 3 nitrogen and oxygen atoms in total. The van der Waals surface area contributed by atoms with Crippen molar-refractivity contribution in [3.63, 3.8) is 0 Å². The molecule has 0 unspecified atom stereocenters. The first kappa shape index (κ1) is 34.2. The van der Waals surface area contributed by atoms with Crippen molar-refractivity contribution in [3.8, 4) is 39.7 Å². The summed E-state index contributed by atoms with van der Waals surface area (Å²) in [5, 5.41) is 14.9. The highest BCUT2D eigenvalue weighted by Crippen LogP contribution is 2.44. The van der Waals surface area contributed by atoms with Crippen LogP contribution in [0.4, 0.5) is 13.2 Å². The van der Waals surface area contributed by atoms with Gasteiger partial charge in [-0.25, -0.2) is 0 Å². The maximum Gasteiger partial charge on any atom is 0.416 e. The molecule has 0 atom stereocenters. The number of fused-ring (bicyclic) bond motifs is 6. The monoisotopic (exact) mass is 723 g/mol. The highest BCUT2D eigenvalue weighted by Gasteiger charge is 2.31. The van der Waals surface area contributed by atoms with Crippen LogP contribution in [-0.2, 0) is 6.18 Å². The minimum absolute atomic E-state index is 0.502. The Morgan fingerprint density at radius 3 is 1.31 bits per heavy atom. The topological polar surface area (TPSA) is 33.6 Å². The molecule has 0 saturated heterocycles. The number of rotatable bonds is 4. The summed E-state index contributed by atoms with van der Waals surface area (Å²) in [5.41, 5.74) is 14.1. The summed E-state index contributed by atoms with van der Waals surface area (Å²) in [6.45, 7) is 10.1. The van der Waals surface area contributed by atoms with Crippen LogP contribution >= 0.6 is 0 Å². The van der Waals surface area contributed by atoms with Crippen molar-refractivity contribution in [2.75, 3.05) is 0 Å². The standard InChI is InChI=1S/C49H36F3N3/c1-28-6-14-43-37(20-28)38-21-29(2)7-15-44(38)54(43)47-18-10-33(27-53)25-41(47)42-26-34(36-13-12-35(24-32(36)5)49(50,51)52)11-19-48(42)55-45-16-8-30(3)22-39(45)40-23-31(4)9-17-46(40)55/h6-26H,1-5H3. The van der Waals surface area contributed by atoms with E-state index in [2.05, 4.69) is 128 Å². The van der Waals surface area contributed by atoms with E-state index in [0.717, 1.165) is 100.0 Å². The van der Waals surface area contributed by atoms with Crippen LogP contribution in [0.3, 0.4) is 0 Å². The third-order valence-corrected chi connectivity index (χ3v) is 10.9. The Hall–Kier alpha value is -6.58. The Balaban J connectivity index is 1.42. The summed E-state index contributed by atoms with van der Waals surface area (Å²) in [6, 6.07) is 44.2. The van der Waals surface area contributed by atoms with Crippen molar-refractivity contribution in [1.29, 1.82) is 5.26 Å². The van der Waals surface area contributed by atoms with Gasteiger partial charge in [-0.05, 0) is 142 Å². The minimum Gasteiger partial charge on any atom is -0.309 e. The molecular formula is C49H36F3N3. The number of aryl methyl sites for hydroxylation is 5. The van der Waals surface area contributed by atoms with Crippen LogP contribution in [0.1, 0.15) is 38.9 Å². The fraction of sp³-hybridized carbons (Fsp3) is 0.122. The van der Waals surface area contributed by atoms with Crippen LogP contribution in [0.2, 0.25) is 0 Å². The third-order valence-electron chi connectivity index (χ3n) is 10.9. The lowest BCUT2D eigenvalue weighted by Crippen LogP contribution is -2.05. The van der Waals surface area contributed by atoms with E-state index in [9.17, 15) is 18.4 Å². The number of nitriles is 1. The van der Waals surface area contributed by atoms with Crippen molar-refractivity contribution >= 4 is 43.6 Å². The highest BCUT2D eigenvalue weighted by molar-refractivity contribution is 6.12. The van der Waals surface area contributed by atoms with E-state index in [1.54, 1.807) is 13.0 Å². The first-order valence-electron chi connectivity index (χ1n) is 18.3. The lowest BCUT2D eigenvalue weighted by Gasteiger charge is -2.20. The molecule has 0 saturated carbocycles. The Bertz CT molecular complexity index is 2980. The van der Waals surface area contributed by atoms with Crippen molar-refractivity contribution in [2.24, 2.45) is 0 Å². The van der Waals surface area contributed by atoms with Gasteiger partial charge in [-0.1, -0.05) is 58.7 Å². The largest absolute Gasteiger partial charge is 0.416 e. The molecule has 6 heteroatoms. The van der Waals surface area contributed by atoms with E-state index in [4.69, 9.17) is 0 Å². The van der Waals surface area contributed by atoms with Gasteiger partial charge in [0.05, 0.1) is 50.6 Å².